The van der Waals surface area contributed by atoms with E-state index in [1.165, 1.54) is 38.5 Å². The lowest BCUT2D eigenvalue weighted by atomic mass is 9.98. The van der Waals surface area contributed by atoms with E-state index in [0.29, 0.717) is 0 Å². The lowest BCUT2D eigenvalue weighted by Gasteiger charge is -2.19. The van der Waals surface area contributed by atoms with Gasteiger partial charge >= 0.3 is 0 Å². The van der Waals surface area contributed by atoms with Crippen molar-refractivity contribution in [3.8, 4) is 0 Å². The van der Waals surface area contributed by atoms with Crippen LogP contribution in [0.5, 0.6) is 0 Å². The Morgan fingerprint density at radius 1 is 1.05 bits per heavy atom. The zero-order chi connectivity index (χ0) is 14.8. The summed E-state index contributed by atoms with van der Waals surface area (Å²) in [5.41, 5.74) is 1.81. The average Bonchev–Trinajstić information content (AvgIpc) is 2.42. The van der Waals surface area contributed by atoms with E-state index < -0.39 is 0 Å². The summed E-state index contributed by atoms with van der Waals surface area (Å²) in [5.74, 6) is -0.0677. The van der Waals surface area contributed by atoms with Crippen molar-refractivity contribution < 1.29 is 4.39 Å². The molecule has 1 rings (SSSR count). The number of halogens is 1. The van der Waals surface area contributed by atoms with Gasteiger partial charge in [-0.25, -0.2) is 4.39 Å². The number of hydrogen-bond donors (Lipinski definition) is 1. The van der Waals surface area contributed by atoms with Crippen LogP contribution in [-0.4, -0.2) is 6.54 Å². The van der Waals surface area contributed by atoms with Crippen LogP contribution in [0, 0.1) is 12.7 Å². The highest BCUT2D eigenvalue weighted by Gasteiger charge is 2.14. The minimum atomic E-state index is -0.0677. The second-order valence-corrected chi connectivity index (χ2v) is 5.69. The van der Waals surface area contributed by atoms with Crippen LogP contribution in [0.1, 0.15) is 76.0 Å². The van der Waals surface area contributed by atoms with Crippen LogP contribution < -0.4 is 5.32 Å². The predicted molar refractivity (Wildman–Crippen MR) is 85.5 cm³/mol. The molecule has 0 saturated heterocycles. The van der Waals surface area contributed by atoms with Gasteiger partial charge in [-0.2, -0.15) is 0 Å². The molecule has 0 amide bonds. The minimum Gasteiger partial charge on any atom is -0.310 e. The second-order valence-electron chi connectivity index (χ2n) is 5.69. The van der Waals surface area contributed by atoms with Gasteiger partial charge in [-0.15, -0.1) is 0 Å². The van der Waals surface area contributed by atoms with Gasteiger partial charge in [0.2, 0.25) is 0 Å². The first-order valence-electron chi connectivity index (χ1n) is 8.18. The molecule has 1 N–H and O–H groups in total. The second kappa shape index (κ2) is 9.93. The van der Waals surface area contributed by atoms with E-state index in [1.54, 1.807) is 6.07 Å². The molecule has 2 heteroatoms. The average molecular weight is 279 g/mol. The number of rotatable bonds is 10. The molecule has 114 valence electrons. The molecule has 20 heavy (non-hydrogen) atoms. The molecule has 0 aromatic heterocycles. The standard InChI is InChI=1S/C18H30FN/c1-4-6-7-8-9-10-11-18(20-5-2)16-13-12-15(3)14-17(16)19/h12-14,18,20H,4-11H2,1-3H3. The third-order valence-electron chi connectivity index (χ3n) is 3.83. The summed E-state index contributed by atoms with van der Waals surface area (Å²) in [7, 11) is 0. The van der Waals surface area contributed by atoms with Crippen LogP contribution in [0.2, 0.25) is 0 Å². The normalized spacial score (nSPS) is 12.6. The van der Waals surface area contributed by atoms with Crippen LogP contribution in [0.3, 0.4) is 0 Å². The maximum Gasteiger partial charge on any atom is 0.128 e. The number of unbranched alkanes of at least 4 members (excludes halogenated alkanes) is 5. The summed E-state index contributed by atoms with van der Waals surface area (Å²) >= 11 is 0. The Balaban J connectivity index is 2.47. The fourth-order valence-corrected chi connectivity index (χ4v) is 2.66. The molecule has 0 aliphatic rings. The van der Waals surface area contributed by atoms with Crippen molar-refractivity contribution in [1.29, 1.82) is 0 Å². The van der Waals surface area contributed by atoms with Gasteiger partial charge in [0.1, 0.15) is 5.82 Å². The molecule has 0 radical (unpaired) electrons. The van der Waals surface area contributed by atoms with Crippen molar-refractivity contribution in [2.45, 2.75) is 71.8 Å². The van der Waals surface area contributed by atoms with Gasteiger partial charge in [0, 0.05) is 11.6 Å². The number of nitrogens with one attached hydrogen (secondary N) is 1. The van der Waals surface area contributed by atoms with Gasteiger partial charge in [0.05, 0.1) is 0 Å². The molecule has 1 aromatic rings. The van der Waals surface area contributed by atoms with Crippen LogP contribution >= 0.6 is 0 Å². The summed E-state index contributed by atoms with van der Waals surface area (Å²) in [6.45, 7) is 7.14. The van der Waals surface area contributed by atoms with E-state index in [2.05, 4.69) is 19.2 Å². The van der Waals surface area contributed by atoms with Crippen LogP contribution in [0.4, 0.5) is 4.39 Å². The van der Waals surface area contributed by atoms with Gasteiger partial charge in [-0.3, -0.25) is 0 Å². The molecule has 0 aliphatic heterocycles. The van der Waals surface area contributed by atoms with E-state index >= 15 is 0 Å². The van der Waals surface area contributed by atoms with E-state index in [0.717, 1.165) is 24.1 Å². The Morgan fingerprint density at radius 2 is 1.75 bits per heavy atom. The van der Waals surface area contributed by atoms with E-state index in [9.17, 15) is 4.39 Å². The molecule has 0 spiro atoms. The molecular weight excluding hydrogens is 249 g/mol. The van der Waals surface area contributed by atoms with Gasteiger partial charge in [0.25, 0.3) is 0 Å². The lowest BCUT2D eigenvalue weighted by Crippen LogP contribution is -2.22. The summed E-state index contributed by atoms with van der Waals surface area (Å²) in [4.78, 5) is 0. The Hall–Kier alpha value is -0.890. The van der Waals surface area contributed by atoms with Gasteiger partial charge in [-0.1, -0.05) is 64.5 Å². The molecule has 1 nitrogen and oxygen atoms in total. The first-order valence-corrected chi connectivity index (χ1v) is 8.18. The molecule has 0 saturated carbocycles. The highest BCUT2D eigenvalue weighted by molar-refractivity contribution is 5.26. The summed E-state index contributed by atoms with van der Waals surface area (Å²) in [6, 6.07) is 5.74. The molecule has 0 fully saturated rings. The maximum absolute atomic E-state index is 14.1. The Labute approximate surface area is 124 Å². The molecule has 1 unspecified atom stereocenters. The summed E-state index contributed by atoms with van der Waals surface area (Å²) in [6.07, 6.45) is 8.73. The smallest absolute Gasteiger partial charge is 0.128 e. The molecular formula is C18H30FN. The number of hydrogen-bond acceptors (Lipinski definition) is 1. The van der Waals surface area contributed by atoms with Crippen molar-refractivity contribution in [3.63, 3.8) is 0 Å². The molecule has 0 heterocycles. The minimum absolute atomic E-state index is 0.0677. The van der Waals surface area contributed by atoms with Gasteiger partial charge in [-0.05, 0) is 31.5 Å². The molecule has 0 aliphatic carbocycles. The first-order chi connectivity index (χ1) is 9.69. The highest BCUT2D eigenvalue weighted by atomic mass is 19.1. The third kappa shape index (κ3) is 6.04. The van der Waals surface area contributed by atoms with E-state index in [-0.39, 0.29) is 11.9 Å². The number of aryl methyl sites for hydroxylation is 1. The Bertz CT molecular complexity index is 376. The molecule has 0 bridgehead atoms. The van der Waals surface area contributed by atoms with E-state index in [1.807, 2.05) is 19.1 Å². The van der Waals surface area contributed by atoms with Gasteiger partial charge < -0.3 is 5.32 Å². The molecule has 1 aromatic carbocycles. The third-order valence-corrected chi connectivity index (χ3v) is 3.83. The Kier molecular flexibility index (Phi) is 8.52. The monoisotopic (exact) mass is 279 g/mol. The Morgan fingerprint density at radius 3 is 2.40 bits per heavy atom. The predicted octanol–water partition coefficient (Wildman–Crippen LogP) is 5.54. The quantitative estimate of drug-likeness (QED) is 0.555. The molecule has 1 atom stereocenters. The largest absolute Gasteiger partial charge is 0.310 e. The fraction of sp³-hybridized carbons (Fsp3) is 0.667. The van der Waals surface area contributed by atoms with Crippen LogP contribution in [-0.2, 0) is 0 Å². The van der Waals surface area contributed by atoms with Gasteiger partial charge in [0.15, 0.2) is 0 Å². The zero-order valence-electron chi connectivity index (χ0n) is 13.3. The van der Waals surface area contributed by atoms with Crippen molar-refractivity contribution in [2.75, 3.05) is 6.54 Å². The summed E-state index contributed by atoms with van der Waals surface area (Å²) in [5, 5.41) is 3.42. The SMILES string of the molecule is CCCCCCCCC(NCC)c1ccc(C)cc1F. The van der Waals surface area contributed by atoms with Crippen LogP contribution in [0.25, 0.3) is 0 Å². The fourth-order valence-electron chi connectivity index (χ4n) is 2.66. The number of benzene rings is 1. The van der Waals surface area contributed by atoms with Crippen molar-refractivity contribution >= 4 is 0 Å². The van der Waals surface area contributed by atoms with Crippen molar-refractivity contribution in [1.82, 2.24) is 5.32 Å². The summed E-state index contributed by atoms with van der Waals surface area (Å²) < 4.78 is 14.1. The maximum atomic E-state index is 14.1. The first kappa shape index (κ1) is 17.2. The van der Waals surface area contributed by atoms with Crippen molar-refractivity contribution in [2.24, 2.45) is 0 Å². The highest BCUT2D eigenvalue weighted by Crippen LogP contribution is 2.23. The van der Waals surface area contributed by atoms with Crippen LogP contribution in [0.15, 0.2) is 18.2 Å². The zero-order valence-corrected chi connectivity index (χ0v) is 13.3. The van der Waals surface area contributed by atoms with E-state index in [4.69, 9.17) is 0 Å². The van der Waals surface area contributed by atoms with Crippen molar-refractivity contribution in [3.05, 3.63) is 35.1 Å². The topological polar surface area (TPSA) is 12.0 Å². The lowest BCUT2D eigenvalue weighted by molar-refractivity contribution is 0.457.